The SMILES string of the molecule is CCOC(=O)C(C)(COc1cccc(CO)c1)NC(C)C. The van der Waals surface area contributed by atoms with Crippen molar-refractivity contribution in [1.29, 1.82) is 0 Å². The Morgan fingerprint density at radius 1 is 1.43 bits per heavy atom. The van der Waals surface area contributed by atoms with Gasteiger partial charge in [-0.2, -0.15) is 0 Å². The number of benzene rings is 1. The molecule has 2 N–H and O–H groups in total. The van der Waals surface area contributed by atoms with Crippen LogP contribution in [0.3, 0.4) is 0 Å². The quantitative estimate of drug-likeness (QED) is 0.717. The van der Waals surface area contributed by atoms with E-state index < -0.39 is 5.54 Å². The lowest BCUT2D eigenvalue weighted by Gasteiger charge is -2.30. The van der Waals surface area contributed by atoms with Gasteiger partial charge in [0, 0.05) is 6.04 Å². The summed E-state index contributed by atoms with van der Waals surface area (Å²) in [6.45, 7) is 7.90. The van der Waals surface area contributed by atoms with Gasteiger partial charge in [-0.25, -0.2) is 4.79 Å². The van der Waals surface area contributed by atoms with Crippen LogP contribution in [0.5, 0.6) is 5.75 Å². The molecule has 0 bridgehead atoms. The molecule has 5 nitrogen and oxygen atoms in total. The lowest BCUT2D eigenvalue weighted by atomic mass is 10.0. The number of hydrogen-bond acceptors (Lipinski definition) is 5. The predicted molar refractivity (Wildman–Crippen MR) is 81.2 cm³/mol. The van der Waals surface area contributed by atoms with Crippen LogP contribution in [0, 0.1) is 0 Å². The zero-order chi connectivity index (χ0) is 15.9. The topological polar surface area (TPSA) is 67.8 Å². The van der Waals surface area contributed by atoms with Gasteiger partial charge < -0.3 is 14.6 Å². The maximum absolute atomic E-state index is 12.1. The van der Waals surface area contributed by atoms with Crippen LogP contribution in [-0.2, 0) is 16.1 Å². The molecule has 0 fully saturated rings. The second-order valence-corrected chi connectivity index (χ2v) is 5.45. The van der Waals surface area contributed by atoms with Crippen LogP contribution in [0.25, 0.3) is 0 Å². The molecule has 1 rings (SSSR count). The third-order valence-electron chi connectivity index (χ3n) is 2.94. The molecule has 0 saturated heterocycles. The Balaban J connectivity index is 2.78. The molecule has 0 heterocycles. The zero-order valence-electron chi connectivity index (χ0n) is 13.2. The Morgan fingerprint density at radius 3 is 2.71 bits per heavy atom. The summed E-state index contributed by atoms with van der Waals surface area (Å²) in [6.07, 6.45) is 0. The molecule has 0 aliphatic rings. The molecular formula is C16H25NO4. The first-order chi connectivity index (χ1) is 9.91. The maximum Gasteiger partial charge on any atom is 0.329 e. The minimum Gasteiger partial charge on any atom is -0.491 e. The van der Waals surface area contributed by atoms with E-state index in [0.717, 1.165) is 5.56 Å². The van der Waals surface area contributed by atoms with E-state index >= 15 is 0 Å². The molecule has 0 spiro atoms. The Labute approximate surface area is 126 Å². The number of rotatable bonds is 8. The Kier molecular flexibility index (Phi) is 6.65. The summed E-state index contributed by atoms with van der Waals surface area (Å²) >= 11 is 0. The molecule has 1 aromatic carbocycles. The highest BCUT2D eigenvalue weighted by molar-refractivity contribution is 5.80. The number of carbonyl (C=O) groups excluding carboxylic acids is 1. The molecule has 0 saturated carbocycles. The van der Waals surface area contributed by atoms with E-state index in [0.29, 0.717) is 12.4 Å². The Bertz CT molecular complexity index is 461. The minimum absolute atomic E-state index is 0.0451. The molecule has 1 unspecified atom stereocenters. The summed E-state index contributed by atoms with van der Waals surface area (Å²) in [5, 5.41) is 12.3. The summed E-state index contributed by atoms with van der Waals surface area (Å²) in [7, 11) is 0. The summed E-state index contributed by atoms with van der Waals surface area (Å²) in [5.41, 5.74) is -0.151. The number of nitrogens with one attached hydrogen (secondary N) is 1. The predicted octanol–water partition coefficient (Wildman–Crippen LogP) is 1.88. The number of aliphatic hydroxyl groups excluding tert-OH is 1. The average molecular weight is 295 g/mol. The lowest BCUT2D eigenvalue weighted by Crippen LogP contribution is -2.57. The van der Waals surface area contributed by atoms with Gasteiger partial charge >= 0.3 is 5.97 Å². The Morgan fingerprint density at radius 2 is 2.14 bits per heavy atom. The molecule has 1 aromatic rings. The maximum atomic E-state index is 12.1. The molecule has 118 valence electrons. The van der Waals surface area contributed by atoms with E-state index in [1.807, 2.05) is 19.9 Å². The third-order valence-corrected chi connectivity index (χ3v) is 2.94. The standard InChI is InChI=1S/C16H25NO4/c1-5-20-15(19)16(4,17-12(2)3)11-21-14-8-6-7-13(9-14)10-18/h6-9,12,17-18H,5,10-11H2,1-4H3. The van der Waals surface area contributed by atoms with Gasteiger partial charge in [0.2, 0.25) is 0 Å². The van der Waals surface area contributed by atoms with Gasteiger partial charge in [-0.3, -0.25) is 5.32 Å². The summed E-state index contributed by atoms with van der Waals surface area (Å²) < 4.78 is 10.8. The Hall–Kier alpha value is -1.59. The summed E-state index contributed by atoms with van der Waals surface area (Å²) in [6, 6.07) is 7.27. The number of aliphatic hydroxyl groups is 1. The molecule has 1 atom stereocenters. The van der Waals surface area contributed by atoms with Crippen molar-refractivity contribution in [1.82, 2.24) is 5.32 Å². The molecule has 0 aromatic heterocycles. The van der Waals surface area contributed by atoms with Gasteiger partial charge in [0.25, 0.3) is 0 Å². The number of carbonyl (C=O) groups is 1. The molecule has 0 radical (unpaired) electrons. The van der Waals surface area contributed by atoms with Gasteiger partial charge in [0.05, 0.1) is 13.2 Å². The first kappa shape index (κ1) is 17.5. The van der Waals surface area contributed by atoms with Crippen LogP contribution < -0.4 is 10.1 Å². The fourth-order valence-electron chi connectivity index (χ4n) is 2.05. The monoisotopic (exact) mass is 295 g/mol. The van der Waals surface area contributed by atoms with Gasteiger partial charge in [-0.15, -0.1) is 0 Å². The van der Waals surface area contributed by atoms with Crippen molar-refractivity contribution in [3.63, 3.8) is 0 Å². The van der Waals surface area contributed by atoms with Crippen molar-refractivity contribution in [3.8, 4) is 5.75 Å². The number of ether oxygens (including phenoxy) is 2. The minimum atomic E-state index is -0.917. The smallest absolute Gasteiger partial charge is 0.329 e. The van der Waals surface area contributed by atoms with Crippen molar-refractivity contribution in [2.45, 2.75) is 45.9 Å². The van der Waals surface area contributed by atoms with Crippen molar-refractivity contribution < 1.29 is 19.4 Å². The van der Waals surface area contributed by atoms with Crippen molar-refractivity contribution >= 4 is 5.97 Å². The first-order valence-corrected chi connectivity index (χ1v) is 7.18. The van der Waals surface area contributed by atoms with E-state index in [1.54, 1.807) is 32.0 Å². The highest BCUT2D eigenvalue weighted by Crippen LogP contribution is 2.17. The van der Waals surface area contributed by atoms with E-state index in [1.165, 1.54) is 0 Å². The molecule has 0 aliphatic carbocycles. The van der Waals surface area contributed by atoms with E-state index in [9.17, 15) is 4.79 Å². The van der Waals surface area contributed by atoms with E-state index in [2.05, 4.69) is 5.32 Å². The van der Waals surface area contributed by atoms with Crippen LogP contribution in [-0.4, -0.2) is 35.9 Å². The van der Waals surface area contributed by atoms with Crippen molar-refractivity contribution in [3.05, 3.63) is 29.8 Å². The molecular weight excluding hydrogens is 270 g/mol. The third kappa shape index (κ3) is 5.36. The number of esters is 1. The van der Waals surface area contributed by atoms with Crippen LogP contribution >= 0.6 is 0 Å². The summed E-state index contributed by atoms with van der Waals surface area (Å²) in [5.74, 6) is 0.277. The van der Waals surface area contributed by atoms with Crippen LogP contribution in [0.2, 0.25) is 0 Å². The fraction of sp³-hybridized carbons (Fsp3) is 0.562. The lowest BCUT2D eigenvalue weighted by molar-refractivity contribution is -0.152. The zero-order valence-corrected chi connectivity index (χ0v) is 13.2. The van der Waals surface area contributed by atoms with E-state index in [-0.39, 0.29) is 25.2 Å². The van der Waals surface area contributed by atoms with Crippen LogP contribution in [0.1, 0.15) is 33.3 Å². The second-order valence-electron chi connectivity index (χ2n) is 5.45. The first-order valence-electron chi connectivity index (χ1n) is 7.18. The number of hydrogen-bond donors (Lipinski definition) is 2. The second kappa shape index (κ2) is 8.00. The van der Waals surface area contributed by atoms with E-state index in [4.69, 9.17) is 14.6 Å². The van der Waals surface area contributed by atoms with Crippen molar-refractivity contribution in [2.75, 3.05) is 13.2 Å². The van der Waals surface area contributed by atoms with Crippen LogP contribution in [0.4, 0.5) is 0 Å². The van der Waals surface area contributed by atoms with Gasteiger partial charge in [0.1, 0.15) is 17.9 Å². The molecule has 5 heteroatoms. The highest BCUT2D eigenvalue weighted by atomic mass is 16.5. The van der Waals surface area contributed by atoms with Gasteiger partial charge in [-0.05, 0) is 45.4 Å². The fourth-order valence-corrected chi connectivity index (χ4v) is 2.05. The largest absolute Gasteiger partial charge is 0.491 e. The molecule has 0 amide bonds. The normalized spacial score (nSPS) is 13.8. The molecule has 21 heavy (non-hydrogen) atoms. The van der Waals surface area contributed by atoms with Gasteiger partial charge in [-0.1, -0.05) is 12.1 Å². The van der Waals surface area contributed by atoms with Gasteiger partial charge in [0.15, 0.2) is 0 Å². The van der Waals surface area contributed by atoms with Crippen molar-refractivity contribution in [2.24, 2.45) is 0 Å². The summed E-state index contributed by atoms with van der Waals surface area (Å²) in [4.78, 5) is 12.1. The average Bonchev–Trinajstić information content (AvgIpc) is 2.45. The molecule has 0 aliphatic heterocycles. The highest BCUT2D eigenvalue weighted by Gasteiger charge is 2.36. The van der Waals surface area contributed by atoms with Crippen LogP contribution in [0.15, 0.2) is 24.3 Å².